The first-order valence-corrected chi connectivity index (χ1v) is 7.57. The maximum atomic E-state index is 3.48. The fourth-order valence-corrected chi connectivity index (χ4v) is 2.85. The zero-order chi connectivity index (χ0) is 13.8. The number of aryl methyl sites for hydroxylation is 2. The van der Waals surface area contributed by atoms with Crippen LogP contribution in [0.25, 0.3) is 0 Å². The van der Waals surface area contributed by atoms with Crippen LogP contribution in [0, 0.1) is 19.8 Å². The number of nitrogens with zero attached hydrogens (tertiary/aromatic N) is 1. The van der Waals surface area contributed by atoms with Crippen LogP contribution in [0.4, 0.5) is 0 Å². The Hall–Kier alpha value is -0.860. The molecule has 1 heterocycles. The quantitative estimate of drug-likeness (QED) is 0.893. The summed E-state index contributed by atoms with van der Waals surface area (Å²) in [6.07, 6.45) is 2.70. The van der Waals surface area contributed by atoms with Gasteiger partial charge in [-0.1, -0.05) is 25.1 Å². The molecule has 1 aromatic carbocycles. The number of rotatable bonds is 4. The van der Waals surface area contributed by atoms with Gasteiger partial charge in [-0.3, -0.25) is 0 Å². The van der Waals surface area contributed by atoms with Crippen LogP contribution in [-0.4, -0.2) is 31.6 Å². The third-order valence-electron chi connectivity index (χ3n) is 4.60. The van der Waals surface area contributed by atoms with Crippen molar-refractivity contribution in [3.05, 3.63) is 34.9 Å². The molecule has 1 unspecified atom stereocenters. The maximum Gasteiger partial charge on any atom is 0.0446 e. The van der Waals surface area contributed by atoms with Gasteiger partial charge in [0.1, 0.15) is 0 Å². The van der Waals surface area contributed by atoms with E-state index in [4.69, 9.17) is 0 Å². The van der Waals surface area contributed by atoms with Crippen molar-refractivity contribution in [3.8, 4) is 0 Å². The number of benzene rings is 1. The average Bonchev–Trinajstić information content (AvgIpc) is 2.41. The van der Waals surface area contributed by atoms with Crippen LogP contribution < -0.4 is 5.32 Å². The lowest BCUT2D eigenvalue weighted by Crippen LogP contribution is -2.38. The normalized spacial score (nSPS) is 19.6. The molecule has 0 saturated carbocycles. The molecular formula is C17H28N2. The van der Waals surface area contributed by atoms with Gasteiger partial charge in [0.05, 0.1) is 0 Å². The van der Waals surface area contributed by atoms with Gasteiger partial charge < -0.3 is 10.2 Å². The molecule has 1 aliphatic rings. The fraction of sp³-hybridized carbons (Fsp3) is 0.647. The first-order chi connectivity index (χ1) is 9.10. The molecule has 0 aliphatic carbocycles. The average molecular weight is 260 g/mol. The van der Waals surface area contributed by atoms with Crippen LogP contribution in [0.1, 0.15) is 42.5 Å². The summed E-state index contributed by atoms with van der Waals surface area (Å²) in [5.41, 5.74) is 4.19. The van der Waals surface area contributed by atoms with Gasteiger partial charge >= 0.3 is 0 Å². The molecule has 0 amide bonds. The predicted octanol–water partition coefficient (Wildman–Crippen LogP) is 3.30. The van der Waals surface area contributed by atoms with E-state index in [9.17, 15) is 0 Å². The van der Waals surface area contributed by atoms with Gasteiger partial charge in [-0.15, -0.1) is 0 Å². The van der Waals surface area contributed by atoms with E-state index in [1.165, 1.54) is 42.6 Å². The molecule has 106 valence electrons. The standard InChI is InChI=1S/C17H28N2/c1-13-7-9-19(10-8-13)12-17(18-4)16-6-5-14(2)15(3)11-16/h5-6,11,13,17-18H,7-10,12H2,1-4H3. The van der Waals surface area contributed by atoms with Gasteiger partial charge in [0, 0.05) is 12.6 Å². The van der Waals surface area contributed by atoms with Crippen molar-refractivity contribution in [2.45, 2.75) is 39.7 Å². The van der Waals surface area contributed by atoms with Crippen molar-refractivity contribution in [1.82, 2.24) is 10.2 Å². The molecule has 2 rings (SSSR count). The van der Waals surface area contributed by atoms with Gasteiger partial charge in [-0.2, -0.15) is 0 Å². The molecule has 1 N–H and O–H groups in total. The lowest BCUT2D eigenvalue weighted by molar-refractivity contribution is 0.177. The third-order valence-corrected chi connectivity index (χ3v) is 4.60. The minimum absolute atomic E-state index is 0.452. The molecule has 1 fully saturated rings. The molecule has 2 nitrogen and oxygen atoms in total. The van der Waals surface area contributed by atoms with Crippen molar-refractivity contribution in [2.75, 3.05) is 26.7 Å². The lowest BCUT2D eigenvalue weighted by atomic mass is 9.97. The lowest BCUT2D eigenvalue weighted by Gasteiger charge is -2.33. The Morgan fingerprint density at radius 3 is 2.47 bits per heavy atom. The molecule has 0 bridgehead atoms. The van der Waals surface area contributed by atoms with Crippen LogP contribution in [0.15, 0.2) is 18.2 Å². The van der Waals surface area contributed by atoms with Crippen LogP contribution in [0.2, 0.25) is 0 Å². The van der Waals surface area contributed by atoms with Crippen LogP contribution in [0.3, 0.4) is 0 Å². The summed E-state index contributed by atoms with van der Waals surface area (Å²) >= 11 is 0. The molecule has 0 radical (unpaired) electrons. The second-order valence-electron chi connectivity index (χ2n) is 6.17. The molecule has 1 aliphatic heterocycles. The van der Waals surface area contributed by atoms with E-state index in [0.717, 1.165) is 12.5 Å². The van der Waals surface area contributed by atoms with E-state index in [0.29, 0.717) is 6.04 Å². The van der Waals surface area contributed by atoms with Crippen molar-refractivity contribution in [1.29, 1.82) is 0 Å². The predicted molar refractivity (Wildman–Crippen MR) is 82.6 cm³/mol. The van der Waals surface area contributed by atoms with Crippen molar-refractivity contribution in [3.63, 3.8) is 0 Å². The SMILES string of the molecule is CNC(CN1CCC(C)CC1)c1ccc(C)c(C)c1. The first-order valence-electron chi connectivity index (χ1n) is 7.57. The smallest absolute Gasteiger partial charge is 0.0446 e. The second kappa shape index (κ2) is 6.53. The molecule has 19 heavy (non-hydrogen) atoms. The number of nitrogens with one attached hydrogen (secondary N) is 1. The number of likely N-dealkylation sites (N-methyl/N-ethyl adjacent to an activating group) is 1. The maximum absolute atomic E-state index is 3.48. The molecule has 1 atom stereocenters. The summed E-state index contributed by atoms with van der Waals surface area (Å²) in [7, 11) is 2.08. The van der Waals surface area contributed by atoms with Gasteiger partial charge in [0.25, 0.3) is 0 Å². The van der Waals surface area contributed by atoms with E-state index in [1.807, 2.05) is 0 Å². The zero-order valence-corrected chi connectivity index (χ0v) is 12.9. The van der Waals surface area contributed by atoms with Crippen molar-refractivity contribution >= 4 is 0 Å². The van der Waals surface area contributed by atoms with Gasteiger partial charge in [0.2, 0.25) is 0 Å². The Balaban J connectivity index is 2.01. The third kappa shape index (κ3) is 3.80. The monoisotopic (exact) mass is 260 g/mol. The van der Waals surface area contributed by atoms with Crippen molar-refractivity contribution in [2.24, 2.45) is 5.92 Å². The van der Waals surface area contributed by atoms with Gasteiger partial charge in [0.15, 0.2) is 0 Å². The summed E-state index contributed by atoms with van der Waals surface area (Å²) in [5, 5.41) is 3.48. The summed E-state index contributed by atoms with van der Waals surface area (Å²) in [6.45, 7) is 10.4. The highest BCUT2D eigenvalue weighted by molar-refractivity contribution is 5.31. The first kappa shape index (κ1) is 14.5. The highest BCUT2D eigenvalue weighted by Gasteiger charge is 2.19. The number of piperidine rings is 1. The largest absolute Gasteiger partial charge is 0.312 e. The molecule has 1 aromatic rings. The van der Waals surface area contributed by atoms with Crippen LogP contribution in [0.5, 0.6) is 0 Å². The summed E-state index contributed by atoms with van der Waals surface area (Å²) < 4.78 is 0. The van der Waals surface area contributed by atoms with Crippen LogP contribution in [-0.2, 0) is 0 Å². The highest BCUT2D eigenvalue weighted by Crippen LogP contribution is 2.21. The second-order valence-corrected chi connectivity index (χ2v) is 6.17. The molecule has 0 spiro atoms. The molecule has 2 heteroatoms. The molecule has 1 saturated heterocycles. The minimum Gasteiger partial charge on any atom is -0.312 e. The number of hydrogen-bond donors (Lipinski definition) is 1. The Labute approximate surface area is 118 Å². The number of hydrogen-bond acceptors (Lipinski definition) is 2. The minimum atomic E-state index is 0.452. The Bertz CT molecular complexity index is 406. The van der Waals surface area contributed by atoms with Gasteiger partial charge in [-0.25, -0.2) is 0 Å². The summed E-state index contributed by atoms with van der Waals surface area (Å²) in [4.78, 5) is 2.61. The Morgan fingerprint density at radius 1 is 1.21 bits per heavy atom. The topological polar surface area (TPSA) is 15.3 Å². The Morgan fingerprint density at radius 2 is 1.89 bits per heavy atom. The molecular weight excluding hydrogens is 232 g/mol. The van der Waals surface area contributed by atoms with Crippen molar-refractivity contribution < 1.29 is 0 Å². The molecule has 0 aromatic heterocycles. The fourth-order valence-electron chi connectivity index (χ4n) is 2.85. The number of likely N-dealkylation sites (tertiary alicyclic amines) is 1. The van der Waals surface area contributed by atoms with E-state index in [1.54, 1.807) is 0 Å². The van der Waals surface area contributed by atoms with E-state index < -0.39 is 0 Å². The van der Waals surface area contributed by atoms with Crippen LogP contribution >= 0.6 is 0 Å². The summed E-state index contributed by atoms with van der Waals surface area (Å²) in [6, 6.07) is 7.31. The summed E-state index contributed by atoms with van der Waals surface area (Å²) in [5.74, 6) is 0.908. The highest BCUT2D eigenvalue weighted by atomic mass is 15.1. The van der Waals surface area contributed by atoms with Gasteiger partial charge in [-0.05, 0) is 69.4 Å². The Kier molecular flexibility index (Phi) is 5.00. The van der Waals surface area contributed by atoms with E-state index >= 15 is 0 Å². The van der Waals surface area contributed by atoms with E-state index in [2.05, 4.69) is 56.2 Å². The zero-order valence-electron chi connectivity index (χ0n) is 12.9. The van der Waals surface area contributed by atoms with E-state index in [-0.39, 0.29) is 0 Å².